The number of rotatable bonds is 9. The molecule has 0 aliphatic carbocycles. The Morgan fingerprint density at radius 1 is 1.12 bits per heavy atom. The predicted molar refractivity (Wildman–Crippen MR) is 101 cm³/mol. The van der Waals surface area contributed by atoms with E-state index < -0.39 is 18.0 Å². The van der Waals surface area contributed by atoms with Gasteiger partial charge in [0.05, 0.1) is 12.2 Å². The van der Waals surface area contributed by atoms with Gasteiger partial charge in [0, 0.05) is 12.2 Å². The molecule has 1 aromatic rings. The van der Waals surface area contributed by atoms with Gasteiger partial charge in [-0.2, -0.15) is 0 Å². The van der Waals surface area contributed by atoms with Crippen molar-refractivity contribution >= 4 is 11.9 Å². The summed E-state index contributed by atoms with van der Waals surface area (Å²) in [6, 6.07) is 7.32. The Balaban J connectivity index is 2.73. The molecule has 0 aromatic heterocycles. The lowest BCUT2D eigenvalue weighted by atomic mass is 9.87. The summed E-state index contributed by atoms with van der Waals surface area (Å²) >= 11 is 0. The lowest BCUT2D eigenvalue weighted by Crippen LogP contribution is -2.30. The molecule has 1 aromatic carbocycles. The van der Waals surface area contributed by atoms with Crippen LogP contribution >= 0.6 is 0 Å². The van der Waals surface area contributed by atoms with Crippen LogP contribution in [0, 0.1) is 0 Å². The third kappa shape index (κ3) is 7.40. The molecule has 26 heavy (non-hydrogen) atoms. The van der Waals surface area contributed by atoms with Crippen LogP contribution in [0.4, 0.5) is 0 Å². The van der Waals surface area contributed by atoms with Crippen molar-refractivity contribution in [2.24, 2.45) is 0 Å². The van der Waals surface area contributed by atoms with E-state index in [1.165, 1.54) is 0 Å². The normalized spacial score (nSPS) is 12.3. The lowest BCUT2D eigenvalue weighted by Gasteiger charge is -2.20. The van der Waals surface area contributed by atoms with E-state index in [4.69, 9.17) is 14.2 Å². The van der Waals surface area contributed by atoms with Crippen LogP contribution in [0.25, 0.3) is 0 Å². The number of hydrogen-bond acceptors (Lipinski definition) is 5. The van der Waals surface area contributed by atoms with E-state index >= 15 is 0 Å². The van der Waals surface area contributed by atoms with Crippen LogP contribution in [0.3, 0.4) is 0 Å². The van der Waals surface area contributed by atoms with E-state index in [0.717, 1.165) is 12.0 Å². The Kier molecular flexibility index (Phi) is 8.52. The summed E-state index contributed by atoms with van der Waals surface area (Å²) in [6.45, 7) is 14.1. The van der Waals surface area contributed by atoms with Crippen molar-refractivity contribution in [2.45, 2.75) is 52.6 Å². The number of ether oxygens (including phenoxy) is 3. The Morgan fingerprint density at radius 2 is 1.73 bits per heavy atom. The Hall–Kier alpha value is -2.14. The number of hydrogen-bond donors (Lipinski definition) is 0. The van der Waals surface area contributed by atoms with Crippen molar-refractivity contribution < 1.29 is 23.8 Å². The Bertz CT molecular complexity index is 610. The fourth-order valence-electron chi connectivity index (χ4n) is 2.09. The SMILES string of the molecule is C=C(C)C(=O)OCC(COCCC)OC(=O)c1ccc(C(C)(C)C)cc1. The average molecular weight is 362 g/mol. The van der Waals surface area contributed by atoms with Crippen molar-refractivity contribution in [1.29, 1.82) is 0 Å². The van der Waals surface area contributed by atoms with Crippen molar-refractivity contribution in [3.05, 3.63) is 47.5 Å². The van der Waals surface area contributed by atoms with Crippen LogP contribution in [0.5, 0.6) is 0 Å². The molecule has 0 saturated carbocycles. The molecule has 1 atom stereocenters. The zero-order valence-electron chi connectivity index (χ0n) is 16.5. The second-order valence-electron chi connectivity index (χ2n) is 7.31. The highest BCUT2D eigenvalue weighted by atomic mass is 16.6. The molecule has 0 aliphatic heterocycles. The molecule has 0 radical (unpaired) electrons. The van der Waals surface area contributed by atoms with E-state index in [0.29, 0.717) is 17.7 Å². The van der Waals surface area contributed by atoms with Gasteiger partial charge < -0.3 is 14.2 Å². The van der Waals surface area contributed by atoms with E-state index in [9.17, 15) is 9.59 Å². The minimum atomic E-state index is -0.667. The van der Waals surface area contributed by atoms with Crippen LogP contribution in [-0.4, -0.2) is 37.9 Å². The first-order chi connectivity index (χ1) is 12.1. The summed E-state index contributed by atoms with van der Waals surface area (Å²) in [7, 11) is 0. The van der Waals surface area contributed by atoms with E-state index in [2.05, 4.69) is 27.4 Å². The second-order valence-corrected chi connectivity index (χ2v) is 7.31. The molecule has 1 unspecified atom stereocenters. The van der Waals surface area contributed by atoms with Crippen molar-refractivity contribution in [3.8, 4) is 0 Å². The second kappa shape index (κ2) is 10.1. The smallest absolute Gasteiger partial charge is 0.338 e. The first-order valence-corrected chi connectivity index (χ1v) is 8.87. The molecule has 5 heteroatoms. The molecule has 0 spiro atoms. The Morgan fingerprint density at radius 3 is 2.23 bits per heavy atom. The minimum absolute atomic E-state index is 0.00964. The molecular formula is C21H30O5. The number of esters is 2. The van der Waals surface area contributed by atoms with Gasteiger partial charge in [0.15, 0.2) is 6.10 Å². The highest BCUT2D eigenvalue weighted by molar-refractivity contribution is 5.89. The summed E-state index contributed by atoms with van der Waals surface area (Å²) in [5.74, 6) is -0.988. The molecular weight excluding hydrogens is 332 g/mol. The fourth-order valence-corrected chi connectivity index (χ4v) is 2.09. The molecule has 0 saturated heterocycles. The first kappa shape index (κ1) is 21.9. The zero-order chi connectivity index (χ0) is 19.7. The van der Waals surface area contributed by atoms with Gasteiger partial charge in [0.1, 0.15) is 6.61 Å². The molecule has 0 aliphatic rings. The molecule has 0 fully saturated rings. The van der Waals surface area contributed by atoms with Crippen LogP contribution in [-0.2, 0) is 24.4 Å². The van der Waals surface area contributed by atoms with Crippen LogP contribution in [0.2, 0.25) is 0 Å². The van der Waals surface area contributed by atoms with Gasteiger partial charge in [-0.15, -0.1) is 0 Å². The average Bonchev–Trinajstić information content (AvgIpc) is 2.58. The predicted octanol–water partition coefficient (Wildman–Crippen LogP) is 4.06. The third-order valence-corrected chi connectivity index (χ3v) is 3.66. The van der Waals surface area contributed by atoms with Gasteiger partial charge in [-0.25, -0.2) is 9.59 Å². The summed E-state index contributed by atoms with van der Waals surface area (Å²) in [4.78, 5) is 24.0. The molecule has 0 amide bonds. The molecule has 144 valence electrons. The van der Waals surface area contributed by atoms with Gasteiger partial charge >= 0.3 is 11.9 Å². The van der Waals surface area contributed by atoms with Gasteiger partial charge in [0.2, 0.25) is 0 Å². The molecule has 5 nitrogen and oxygen atoms in total. The summed E-state index contributed by atoms with van der Waals surface area (Å²) in [5, 5.41) is 0. The van der Waals surface area contributed by atoms with Gasteiger partial charge in [-0.1, -0.05) is 46.4 Å². The maximum Gasteiger partial charge on any atom is 0.338 e. The summed E-state index contributed by atoms with van der Waals surface area (Å²) in [6.07, 6.45) is 0.181. The number of carbonyl (C=O) groups is 2. The van der Waals surface area contributed by atoms with E-state index in [1.54, 1.807) is 19.1 Å². The quantitative estimate of drug-likeness (QED) is 0.377. The lowest BCUT2D eigenvalue weighted by molar-refractivity contribution is -0.143. The first-order valence-electron chi connectivity index (χ1n) is 8.87. The van der Waals surface area contributed by atoms with Gasteiger partial charge in [-0.3, -0.25) is 0 Å². The van der Waals surface area contributed by atoms with E-state index in [1.807, 2.05) is 19.1 Å². The largest absolute Gasteiger partial charge is 0.458 e. The van der Waals surface area contributed by atoms with E-state index in [-0.39, 0.29) is 18.6 Å². The van der Waals surface area contributed by atoms with Crippen molar-refractivity contribution in [2.75, 3.05) is 19.8 Å². The maximum absolute atomic E-state index is 12.4. The zero-order valence-corrected chi connectivity index (χ0v) is 16.5. The number of benzene rings is 1. The van der Waals surface area contributed by atoms with Crippen LogP contribution < -0.4 is 0 Å². The Labute approximate surface area is 156 Å². The third-order valence-electron chi connectivity index (χ3n) is 3.66. The van der Waals surface area contributed by atoms with Gasteiger partial charge in [0.25, 0.3) is 0 Å². The molecule has 0 bridgehead atoms. The fraction of sp³-hybridized carbons (Fsp3) is 0.524. The summed E-state index contributed by atoms with van der Waals surface area (Å²) < 4.78 is 16.0. The highest BCUT2D eigenvalue weighted by Crippen LogP contribution is 2.22. The van der Waals surface area contributed by atoms with Crippen molar-refractivity contribution in [3.63, 3.8) is 0 Å². The van der Waals surface area contributed by atoms with Gasteiger partial charge in [-0.05, 0) is 36.5 Å². The topological polar surface area (TPSA) is 61.8 Å². The number of carbonyl (C=O) groups excluding carboxylic acids is 2. The molecule has 1 rings (SSSR count). The molecule has 0 heterocycles. The highest BCUT2D eigenvalue weighted by Gasteiger charge is 2.20. The minimum Gasteiger partial charge on any atom is -0.458 e. The molecule has 0 N–H and O–H groups in total. The standard InChI is InChI=1S/C21H30O5/c1-7-12-24-13-18(14-25-19(22)15(2)3)26-20(23)16-8-10-17(11-9-16)21(4,5)6/h8-11,18H,2,7,12-14H2,1,3-6H3. The van der Waals surface area contributed by atoms with Crippen molar-refractivity contribution in [1.82, 2.24) is 0 Å². The van der Waals surface area contributed by atoms with Crippen LogP contribution in [0.1, 0.15) is 57.0 Å². The monoisotopic (exact) mass is 362 g/mol. The van der Waals surface area contributed by atoms with Crippen LogP contribution in [0.15, 0.2) is 36.4 Å². The summed E-state index contributed by atoms with van der Waals surface area (Å²) in [5.41, 5.74) is 1.88. The maximum atomic E-state index is 12.4.